The van der Waals surface area contributed by atoms with Gasteiger partial charge < -0.3 is 26.6 Å². The Balaban J connectivity index is 0.00000353. The Hall–Kier alpha value is -2.99. The fourth-order valence-corrected chi connectivity index (χ4v) is 5.94. The van der Waals surface area contributed by atoms with Crippen LogP contribution in [0.5, 0.6) is 0 Å². The number of amides is 3. The molecule has 1 aromatic carbocycles. The van der Waals surface area contributed by atoms with Gasteiger partial charge in [0.15, 0.2) is 0 Å². The van der Waals surface area contributed by atoms with Gasteiger partial charge in [-0.15, -0.1) is 12.4 Å². The van der Waals surface area contributed by atoms with E-state index in [4.69, 9.17) is 11.5 Å². The van der Waals surface area contributed by atoms with E-state index in [2.05, 4.69) is 15.6 Å². The molecule has 0 radical (unpaired) electrons. The van der Waals surface area contributed by atoms with Crippen LogP contribution in [0, 0.1) is 0 Å². The van der Waals surface area contributed by atoms with Gasteiger partial charge in [-0.1, -0.05) is 12.1 Å². The summed E-state index contributed by atoms with van der Waals surface area (Å²) in [5.74, 6) is 0.0409. The molecule has 12 heteroatoms. The number of benzene rings is 1. The van der Waals surface area contributed by atoms with Gasteiger partial charge in [-0.05, 0) is 69.7 Å². The van der Waals surface area contributed by atoms with Gasteiger partial charge in [-0.3, -0.25) is 14.7 Å². The summed E-state index contributed by atoms with van der Waals surface area (Å²) in [6, 6.07) is 9.06. The fraction of sp³-hybridized carbons (Fsp3) is 0.556. The summed E-state index contributed by atoms with van der Waals surface area (Å²) in [6.45, 7) is 5.67. The molecular weight excluding hydrogens is 520 g/mol. The standard InChI is InChI=1S/C27H38N8O3.ClH/c1-25(2,28)22(36)33-13-15-34(16-14-33)23(37)31-21-7-12-35(24(38)32-21)20-5-3-19(4-6-20)17-30-27-10-8-26(29,18-27)9-11-27;/h3-7,12,30H,8-11,13-18,28-29H2,1-2H3,(H,31,32,37,38);1H. The predicted molar refractivity (Wildman–Crippen MR) is 152 cm³/mol. The lowest BCUT2D eigenvalue weighted by Crippen LogP contribution is -2.58. The van der Waals surface area contributed by atoms with Gasteiger partial charge in [0, 0.05) is 50.0 Å². The Morgan fingerprint density at radius 1 is 1.00 bits per heavy atom. The van der Waals surface area contributed by atoms with E-state index < -0.39 is 11.2 Å². The first-order valence-corrected chi connectivity index (χ1v) is 13.3. The number of carbonyl (C=O) groups is 2. The Bertz CT molecular complexity index is 1260. The number of nitrogens with zero attached hydrogens (tertiary/aromatic N) is 4. The monoisotopic (exact) mass is 558 g/mol. The average molecular weight is 559 g/mol. The number of urea groups is 1. The first-order valence-electron chi connectivity index (χ1n) is 13.3. The van der Waals surface area contributed by atoms with Gasteiger partial charge in [-0.2, -0.15) is 4.98 Å². The van der Waals surface area contributed by atoms with Crippen molar-refractivity contribution in [3.63, 3.8) is 0 Å². The summed E-state index contributed by atoms with van der Waals surface area (Å²) in [5, 5.41) is 6.43. The number of carbonyl (C=O) groups excluding carboxylic acids is 2. The van der Waals surface area contributed by atoms with Crippen LogP contribution in [0.25, 0.3) is 5.69 Å². The Morgan fingerprint density at radius 2 is 1.62 bits per heavy atom. The summed E-state index contributed by atoms with van der Waals surface area (Å²) in [4.78, 5) is 45.1. The minimum Gasteiger partial charge on any atom is -0.338 e. The maximum Gasteiger partial charge on any atom is 0.354 e. The third kappa shape index (κ3) is 6.27. The molecular formula is C27H39ClN8O3. The highest BCUT2D eigenvalue weighted by Gasteiger charge is 2.51. The summed E-state index contributed by atoms with van der Waals surface area (Å²) in [5.41, 5.74) is 12.9. The third-order valence-electron chi connectivity index (χ3n) is 8.22. The summed E-state index contributed by atoms with van der Waals surface area (Å²) in [7, 11) is 0. The zero-order chi connectivity index (χ0) is 27.1. The van der Waals surface area contributed by atoms with Crippen molar-refractivity contribution in [1.29, 1.82) is 0 Å². The molecule has 3 aliphatic rings. The molecule has 0 spiro atoms. The van der Waals surface area contributed by atoms with Crippen molar-refractivity contribution < 1.29 is 9.59 Å². The van der Waals surface area contributed by atoms with Crippen LogP contribution in [-0.2, 0) is 11.3 Å². The van der Waals surface area contributed by atoms with Crippen LogP contribution in [0.4, 0.5) is 10.6 Å². The quantitative estimate of drug-likeness (QED) is 0.420. The van der Waals surface area contributed by atoms with E-state index in [0.29, 0.717) is 31.9 Å². The van der Waals surface area contributed by atoms with E-state index in [9.17, 15) is 14.4 Å². The van der Waals surface area contributed by atoms with Gasteiger partial charge in [0.25, 0.3) is 0 Å². The van der Waals surface area contributed by atoms with Crippen molar-refractivity contribution in [2.45, 2.75) is 69.1 Å². The molecule has 2 heterocycles. The van der Waals surface area contributed by atoms with E-state index in [1.807, 2.05) is 24.3 Å². The largest absolute Gasteiger partial charge is 0.354 e. The second kappa shape index (κ2) is 10.9. The first kappa shape index (κ1) is 29.0. The topological polar surface area (TPSA) is 152 Å². The highest BCUT2D eigenvalue weighted by molar-refractivity contribution is 5.89. The van der Waals surface area contributed by atoms with E-state index in [1.165, 1.54) is 4.57 Å². The molecule has 11 nitrogen and oxygen atoms in total. The van der Waals surface area contributed by atoms with E-state index in [1.54, 1.807) is 35.9 Å². The van der Waals surface area contributed by atoms with Gasteiger partial charge in [0.2, 0.25) is 5.91 Å². The number of aromatic nitrogens is 2. The van der Waals surface area contributed by atoms with E-state index in [-0.39, 0.29) is 41.2 Å². The maximum atomic E-state index is 12.7. The lowest BCUT2D eigenvalue weighted by Gasteiger charge is -2.37. The Labute approximate surface area is 234 Å². The number of hydrogen-bond acceptors (Lipinski definition) is 7. The first-order chi connectivity index (χ1) is 18.0. The van der Waals surface area contributed by atoms with Crippen LogP contribution < -0.4 is 27.8 Å². The number of anilines is 1. The van der Waals surface area contributed by atoms with Gasteiger partial charge in [0.05, 0.1) is 11.2 Å². The number of fused-ring (bicyclic) bond motifs is 2. The molecule has 2 bridgehead atoms. The van der Waals surface area contributed by atoms with Crippen molar-refractivity contribution in [3.05, 3.63) is 52.6 Å². The van der Waals surface area contributed by atoms with Crippen molar-refractivity contribution in [1.82, 2.24) is 24.7 Å². The summed E-state index contributed by atoms with van der Waals surface area (Å²) >= 11 is 0. The molecule has 0 atom stereocenters. The highest BCUT2D eigenvalue weighted by atomic mass is 35.5. The molecule has 2 saturated carbocycles. The average Bonchev–Trinajstić information content (AvgIpc) is 3.41. The minimum absolute atomic E-state index is 0. The smallest absolute Gasteiger partial charge is 0.338 e. The third-order valence-corrected chi connectivity index (χ3v) is 8.22. The maximum absolute atomic E-state index is 12.7. The number of piperazine rings is 1. The van der Waals surface area contributed by atoms with Crippen molar-refractivity contribution >= 4 is 30.2 Å². The normalized spacial score (nSPS) is 24.4. The van der Waals surface area contributed by atoms with Gasteiger partial charge in [-0.25, -0.2) is 9.59 Å². The summed E-state index contributed by atoms with van der Waals surface area (Å²) in [6.07, 6.45) is 7.11. The number of hydrogen-bond donors (Lipinski definition) is 4. The van der Waals surface area contributed by atoms with Crippen LogP contribution in [-0.4, -0.2) is 74.1 Å². The zero-order valence-corrected chi connectivity index (χ0v) is 23.4. The Kier molecular flexibility index (Phi) is 8.09. The van der Waals surface area contributed by atoms with Crippen LogP contribution in [0.3, 0.4) is 0 Å². The van der Waals surface area contributed by atoms with Crippen LogP contribution >= 0.6 is 12.4 Å². The molecule has 1 aliphatic heterocycles. The number of nitrogens with one attached hydrogen (secondary N) is 2. The van der Waals surface area contributed by atoms with Crippen molar-refractivity contribution in [2.24, 2.45) is 11.5 Å². The van der Waals surface area contributed by atoms with Crippen LogP contribution in [0.15, 0.2) is 41.3 Å². The molecule has 1 aromatic heterocycles. The molecule has 2 aliphatic carbocycles. The number of rotatable bonds is 6. The SMILES string of the molecule is CC(C)(N)C(=O)N1CCN(C(=O)Nc2ccn(-c3ccc(CNC45CCC(N)(CC4)C5)cc3)c(=O)n2)CC1.Cl. The molecule has 1 saturated heterocycles. The molecule has 6 N–H and O–H groups in total. The fourth-order valence-electron chi connectivity index (χ4n) is 5.94. The zero-order valence-electron chi connectivity index (χ0n) is 22.6. The van der Waals surface area contributed by atoms with Gasteiger partial charge >= 0.3 is 11.7 Å². The second-order valence-corrected chi connectivity index (χ2v) is 11.7. The minimum atomic E-state index is -0.946. The van der Waals surface area contributed by atoms with Crippen LogP contribution in [0.1, 0.15) is 51.5 Å². The molecule has 3 fully saturated rings. The second-order valence-electron chi connectivity index (χ2n) is 11.7. The van der Waals surface area contributed by atoms with Crippen LogP contribution in [0.2, 0.25) is 0 Å². The number of halogens is 1. The van der Waals surface area contributed by atoms with E-state index in [0.717, 1.165) is 44.2 Å². The van der Waals surface area contributed by atoms with Crippen molar-refractivity contribution in [2.75, 3.05) is 31.5 Å². The number of nitrogens with two attached hydrogens (primary N) is 2. The molecule has 5 rings (SSSR count). The Morgan fingerprint density at radius 3 is 2.15 bits per heavy atom. The molecule has 0 unspecified atom stereocenters. The molecule has 212 valence electrons. The van der Waals surface area contributed by atoms with Crippen molar-refractivity contribution in [3.8, 4) is 5.69 Å². The summed E-state index contributed by atoms with van der Waals surface area (Å²) < 4.78 is 1.45. The van der Waals surface area contributed by atoms with E-state index >= 15 is 0 Å². The molecule has 39 heavy (non-hydrogen) atoms. The lowest BCUT2D eigenvalue weighted by atomic mass is 9.91. The predicted octanol–water partition coefficient (Wildman–Crippen LogP) is 1.57. The highest BCUT2D eigenvalue weighted by Crippen LogP contribution is 2.49. The lowest BCUT2D eigenvalue weighted by molar-refractivity contribution is -0.137. The van der Waals surface area contributed by atoms with Gasteiger partial charge in [0.1, 0.15) is 5.82 Å². The molecule has 2 aromatic rings. The molecule has 3 amide bonds.